The highest BCUT2D eigenvalue weighted by molar-refractivity contribution is 7.90. The van der Waals surface area contributed by atoms with Gasteiger partial charge in [-0.15, -0.1) is 0 Å². The number of halogens is 1. The Morgan fingerprint density at radius 3 is 2.45 bits per heavy atom. The van der Waals surface area contributed by atoms with Gasteiger partial charge in [-0.2, -0.15) is 5.26 Å². The van der Waals surface area contributed by atoms with Crippen LogP contribution in [0.3, 0.4) is 0 Å². The molecule has 158 valence electrons. The number of nitriles is 1. The number of esters is 1. The summed E-state index contributed by atoms with van der Waals surface area (Å²) in [5.74, 6) is -1.05. The highest BCUT2D eigenvalue weighted by atomic mass is 32.2. The van der Waals surface area contributed by atoms with Crippen molar-refractivity contribution in [3.05, 3.63) is 66.2 Å². The van der Waals surface area contributed by atoms with E-state index in [0.717, 1.165) is 6.26 Å². The number of pyridine rings is 1. The maximum absolute atomic E-state index is 13.5. The normalized spacial score (nSPS) is 10.9. The summed E-state index contributed by atoms with van der Waals surface area (Å²) < 4.78 is 48.3. The number of methoxy groups -OCH3 is 1. The van der Waals surface area contributed by atoms with Crippen LogP contribution in [0.4, 0.5) is 4.39 Å². The zero-order valence-corrected chi connectivity index (χ0v) is 17.4. The van der Waals surface area contributed by atoms with Gasteiger partial charge in [-0.05, 0) is 41.5 Å². The molecule has 3 aromatic rings. The number of hydrogen-bond donors (Lipinski definition) is 0. The standard InChI is InChI=1S/C22H17FN2O5S/c1-29-21(26)13-30-20-9-18(31(2,27)28)8-19(15-3-5-17(23)6-4-15)22(20)16-7-14(10-24)11-25-12-16/h3-9,11-12H,13H2,1-2H3. The van der Waals surface area contributed by atoms with E-state index in [2.05, 4.69) is 9.72 Å². The molecule has 0 unspecified atom stereocenters. The minimum atomic E-state index is -3.66. The first-order valence-corrected chi connectivity index (χ1v) is 10.8. The van der Waals surface area contributed by atoms with E-state index in [1.54, 1.807) is 6.07 Å². The van der Waals surface area contributed by atoms with Crippen molar-refractivity contribution < 1.29 is 27.1 Å². The van der Waals surface area contributed by atoms with Crippen molar-refractivity contribution in [3.8, 4) is 34.1 Å². The van der Waals surface area contributed by atoms with E-state index >= 15 is 0 Å². The third-order valence-corrected chi connectivity index (χ3v) is 5.48. The van der Waals surface area contributed by atoms with Crippen molar-refractivity contribution in [3.63, 3.8) is 0 Å². The smallest absolute Gasteiger partial charge is 0.343 e. The molecule has 1 heterocycles. The zero-order chi connectivity index (χ0) is 22.6. The summed E-state index contributed by atoms with van der Waals surface area (Å²) in [6.45, 7) is -0.467. The van der Waals surface area contributed by atoms with Gasteiger partial charge in [0.15, 0.2) is 16.4 Å². The van der Waals surface area contributed by atoms with Crippen LogP contribution in [0.5, 0.6) is 5.75 Å². The number of rotatable bonds is 6. The highest BCUT2D eigenvalue weighted by Crippen LogP contribution is 2.41. The molecule has 0 saturated heterocycles. The lowest BCUT2D eigenvalue weighted by Gasteiger charge is -2.18. The van der Waals surface area contributed by atoms with Crippen molar-refractivity contribution >= 4 is 15.8 Å². The minimum absolute atomic E-state index is 0.0557. The van der Waals surface area contributed by atoms with Gasteiger partial charge in [-0.3, -0.25) is 4.98 Å². The summed E-state index contributed by atoms with van der Waals surface area (Å²) in [7, 11) is -2.46. The second-order valence-electron chi connectivity index (χ2n) is 6.56. The molecule has 0 saturated carbocycles. The van der Waals surface area contributed by atoms with Gasteiger partial charge in [0.2, 0.25) is 0 Å². The maximum atomic E-state index is 13.5. The summed E-state index contributed by atoms with van der Waals surface area (Å²) >= 11 is 0. The van der Waals surface area contributed by atoms with Gasteiger partial charge in [0, 0.05) is 29.8 Å². The molecular weight excluding hydrogens is 423 g/mol. The predicted molar refractivity (Wildman–Crippen MR) is 110 cm³/mol. The summed E-state index contributed by atoms with van der Waals surface area (Å²) in [4.78, 5) is 15.6. The molecule has 0 aliphatic heterocycles. The first kappa shape index (κ1) is 21.9. The maximum Gasteiger partial charge on any atom is 0.343 e. The Labute approximate surface area is 178 Å². The summed E-state index contributed by atoms with van der Waals surface area (Å²) in [5, 5.41) is 9.25. The van der Waals surface area contributed by atoms with Crippen LogP contribution in [0.15, 0.2) is 59.8 Å². The molecule has 0 amide bonds. The average Bonchev–Trinajstić information content (AvgIpc) is 2.76. The molecule has 2 aromatic carbocycles. The fraction of sp³-hybridized carbons (Fsp3) is 0.136. The zero-order valence-electron chi connectivity index (χ0n) is 16.6. The van der Waals surface area contributed by atoms with Gasteiger partial charge in [0.05, 0.1) is 17.6 Å². The Morgan fingerprint density at radius 2 is 1.84 bits per heavy atom. The molecule has 0 aliphatic rings. The number of hydrogen-bond acceptors (Lipinski definition) is 7. The van der Waals surface area contributed by atoms with Crippen molar-refractivity contribution in [2.45, 2.75) is 4.90 Å². The van der Waals surface area contributed by atoms with Crippen LogP contribution in [0.25, 0.3) is 22.3 Å². The molecule has 7 nitrogen and oxygen atoms in total. The van der Waals surface area contributed by atoms with Crippen LogP contribution in [0.1, 0.15) is 5.56 Å². The number of benzene rings is 2. The Kier molecular flexibility index (Phi) is 6.32. The third-order valence-electron chi connectivity index (χ3n) is 4.39. The molecule has 1 aromatic heterocycles. The van der Waals surface area contributed by atoms with Crippen molar-refractivity contribution in [1.29, 1.82) is 5.26 Å². The number of aromatic nitrogens is 1. The summed E-state index contributed by atoms with van der Waals surface area (Å²) in [6, 6.07) is 11.7. The first-order chi connectivity index (χ1) is 14.7. The lowest BCUT2D eigenvalue weighted by Crippen LogP contribution is -2.13. The lowest BCUT2D eigenvalue weighted by atomic mass is 9.94. The van der Waals surface area contributed by atoms with Crippen LogP contribution in [-0.2, 0) is 19.4 Å². The van der Waals surface area contributed by atoms with E-state index in [1.165, 1.54) is 55.9 Å². The molecule has 9 heteroatoms. The number of sulfone groups is 1. The number of carbonyl (C=O) groups is 1. The van der Waals surface area contributed by atoms with E-state index in [0.29, 0.717) is 22.3 Å². The van der Waals surface area contributed by atoms with Crippen LogP contribution in [-0.4, -0.2) is 39.3 Å². The van der Waals surface area contributed by atoms with Crippen molar-refractivity contribution in [1.82, 2.24) is 4.98 Å². The molecule has 0 bridgehead atoms. The van der Waals surface area contributed by atoms with E-state index in [1.807, 2.05) is 6.07 Å². The quantitative estimate of drug-likeness (QED) is 0.541. The Morgan fingerprint density at radius 1 is 1.13 bits per heavy atom. The average molecular weight is 440 g/mol. The largest absolute Gasteiger partial charge is 0.481 e. The van der Waals surface area contributed by atoms with Crippen molar-refractivity contribution in [2.75, 3.05) is 20.0 Å². The van der Waals surface area contributed by atoms with Crippen LogP contribution in [0.2, 0.25) is 0 Å². The first-order valence-electron chi connectivity index (χ1n) is 8.92. The Balaban J connectivity index is 2.35. The topological polar surface area (TPSA) is 106 Å². The monoisotopic (exact) mass is 440 g/mol. The van der Waals surface area contributed by atoms with Gasteiger partial charge in [0.1, 0.15) is 17.6 Å². The summed E-state index contributed by atoms with van der Waals surface area (Å²) in [6.07, 6.45) is 3.90. The second kappa shape index (κ2) is 8.93. The molecule has 0 N–H and O–H groups in total. The van der Waals surface area contributed by atoms with E-state index in [4.69, 9.17) is 4.74 Å². The van der Waals surface area contributed by atoms with E-state index < -0.39 is 28.2 Å². The number of nitrogens with zero attached hydrogens (tertiary/aromatic N) is 2. The van der Waals surface area contributed by atoms with Crippen LogP contribution < -0.4 is 4.74 Å². The van der Waals surface area contributed by atoms with E-state index in [-0.39, 0.29) is 16.2 Å². The van der Waals surface area contributed by atoms with E-state index in [9.17, 15) is 22.9 Å². The summed E-state index contributed by atoms with van der Waals surface area (Å²) in [5.41, 5.74) is 2.03. The molecule has 0 aliphatic carbocycles. The second-order valence-corrected chi connectivity index (χ2v) is 8.58. The SMILES string of the molecule is COC(=O)COc1cc(S(C)(=O)=O)cc(-c2ccc(F)cc2)c1-c1cncc(C#N)c1. The molecule has 0 fully saturated rings. The highest BCUT2D eigenvalue weighted by Gasteiger charge is 2.21. The molecule has 0 spiro atoms. The Bertz CT molecular complexity index is 1280. The number of carbonyl (C=O) groups excluding carboxylic acids is 1. The van der Waals surface area contributed by atoms with Crippen LogP contribution >= 0.6 is 0 Å². The fourth-order valence-electron chi connectivity index (χ4n) is 2.91. The fourth-order valence-corrected chi connectivity index (χ4v) is 3.56. The van der Waals surface area contributed by atoms with Gasteiger partial charge >= 0.3 is 5.97 Å². The molecule has 31 heavy (non-hydrogen) atoms. The van der Waals surface area contributed by atoms with Gasteiger partial charge in [-0.1, -0.05) is 12.1 Å². The van der Waals surface area contributed by atoms with Crippen molar-refractivity contribution in [2.24, 2.45) is 0 Å². The van der Waals surface area contributed by atoms with Crippen LogP contribution in [0, 0.1) is 17.1 Å². The third kappa shape index (κ3) is 5.05. The molecule has 0 radical (unpaired) electrons. The Hall–Kier alpha value is -3.77. The number of ether oxygens (including phenoxy) is 2. The predicted octanol–water partition coefficient (Wildman–Crippen LogP) is 3.38. The van der Waals surface area contributed by atoms with Gasteiger partial charge in [-0.25, -0.2) is 17.6 Å². The lowest BCUT2D eigenvalue weighted by molar-refractivity contribution is -0.142. The molecule has 3 rings (SSSR count). The molecule has 0 atom stereocenters. The minimum Gasteiger partial charge on any atom is -0.481 e. The van der Waals surface area contributed by atoms with Gasteiger partial charge < -0.3 is 9.47 Å². The van der Waals surface area contributed by atoms with Gasteiger partial charge in [0.25, 0.3) is 0 Å². The molecular formula is C22H17FN2O5S.